The van der Waals surface area contributed by atoms with Gasteiger partial charge in [0, 0.05) is 4.47 Å². The third-order valence-corrected chi connectivity index (χ3v) is 4.23. The van der Waals surface area contributed by atoms with E-state index in [-0.39, 0.29) is 6.04 Å². The lowest BCUT2D eigenvalue weighted by Gasteiger charge is -2.16. The summed E-state index contributed by atoms with van der Waals surface area (Å²) in [6.45, 7) is 2.12. The van der Waals surface area contributed by atoms with Gasteiger partial charge in [-0.2, -0.15) is 11.3 Å². The van der Waals surface area contributed by atoms with Gasteiger partial charge in [-0.25, -0.2) is 0 Å². The molecular weight excluding hydrogens is 296 g/mol. The zero-order valence-electron chi connectivity index (χ0n) is 9.61. The summed E-state index contributed by atoms with van der Waals surface area (Å²) in [5.41, 5.74) is 6.78. The van der Waals surface area contributed by atoms with E-state index in [0.29, 0.717) is 0 Å². The molecule has 0 radical (unpaired) electrons. The van der Waals surface area contributed by atoms with Crippen LogP contribution in [0.3, 0.4) is 0 Å². The van der Waals surface area contributed by atoms with Crippen LogP contribution >= 0.6 is 27.3 Å². The largest absolute Gasteiger partial charge is 0.271 e. The molecule has 4 heteroatoms. The smallest absolute Gasteiger partial charge is 0.0511 e. The second-order valence-electron chi connectivity index (χ2n) is 4.06. The molecule has 0 aliphatic heterocycles. The third-order valence-electron chi connectivity index (χ3n) is 2.82. The van der Waals surface area contributed by atoms with E-state index in [4.69, 9.17) is 5.84 Å². The summed E-state index contributed by atoms with van der Waals surface area (Å²) in [6, 6.07) is 8.54. The van der Waals surface area contributed by atoms with Crippen molar-refractivity contribution in [3.8, 4) is 0 Å². The van der Waals surface area contributed by atoms with Gasteiger partial charge in [0.1, 0.15) is 0 Å². The van der Waals surface area contributed by atoms with Crippen molar-refractivity contribution < 1.29 is 0 Å². The van der Waals surface area contributed by atoms with Crippen LogP contribution < -0.4 is 11.3 Å². The summed E-state index contributed by atoms with van der Waals surface area (Å²) >= 11 is 5.16. The van der Waals surface area contributed by atoms with Crippen molar-refractivity contribution in [2.24, 2.45) is 5.84 Å². The van der Waals surface area contributed by atoms with E-state index in [9.17, 15) is 0 Å². The molecule has 0 saturated heterocycles. The highest BCUT2D eigenvalue weighted by Crippen LogP contribution is 2.24. The van der Waals surface area contributed by atoms with Crippen LogP contribution in [0.5, 0.6) is 0 Å². The lowest BCUT2D eigenvalue weighted by Crippen LogP contribution is -2.29. The average Bonchev–Trinajstić information content (AvgIpc) is 2.75. The van der Waals surface area contributed by atoms with E-state index in [0.717, 1.165) is 10.9 Å². The third kappa shape index (κ3) is 3.16. The predicted octanol–water partition coefficient (Wildman–Crippen LogP) is 3.57. The number of hydrazine groups is 1. The minimum Gasteiger partial charge on any atom is -0.271 e. The Bertz CT molecular complexity index is 478. The van der Waals surface area contributed by atoms with E-state index >= 15 is 0 Å². The number of hydrogen-bond donors (Lipinski definition) is 2. The van der Waals surface area contributed by atoms with Gasteiger partial charge in [-0.05, 0) is 52.9 Å². The molecule has 2 nitrogen and oxygen atoms in total. The fraction of sp³-hybridized carbons (Fsp3) is 0.231. The molecule has 0 amide bonds. The molecule has 0 saturated carbocycles. The van der Waals surface area contributed by atoms with Crippen LogP contribution in [0.25, 0.3) is 0 Å². The highest BCUT2D eigenvalue weighted by Gasteiger charge is 2.13. The van der Waals surface area contributed by atoms with Gasteiger partial charge < -0.3 is 0 Å². The maximum atomic E-state index is 5.66. The Morgan fingerprint density at radius 2 is 2.00 bits per heavy atom. The molecule has 0 aliphatic carbocycles. The van der Waals surface area contributed by atoms with Gasteiger partial charge >= 0.3 is 0 Å². The quantitative estimate of drug-likeness (QED) is 0.669. The highest BCUT2D eigenvalue weighted by atomic mass is 79.9. The van der Waals surface area contributed by atoms with Gasteiger partial charge in [0.25, 0.3) is 0 Å². The second-order valence-corrected chi connectivity index (χ2v) is 5.72. The molecule has 2 aromatic rings. The molecule has 1 heterocycles. The van der Waals surface area contributed by atoms with Crippen LogP contribution in [0, 0.1) is 6.92 Å². The molecule has 0 bridgehead atoms. The lowest BCUT2D eigenvalue weighted by molar-refractivity contribution is 0.551. The molecule has 1 aromatic carbocycles. The van der Waals surface area contributed by atoms with Crippen molar-refractivity contribution in [1.29, 1.82) is 0 Å². The van der Waals surface area contributed by atoms with Gasteiger partial charge in [-0.3, -0.25) is 11.3 Å². The lowest BCUT2D eigenvalue weighted by atomic mass is 9.99. The number of benzene rings is 1. The molecule has 3 N–H and O–H groups in total. The molecule has 1 aromatic heterocycles. The number of thiophene rings is 1. The van der Waals surface area contributed by atoms with Crippen molar-refractivity contribution >= 4 is 27.3 Å². The standard InChI is InChI=1S/C13H15BrN2S/c1-9-7-17-8-12(9)13(16-15)6-10-2-4-11(14)5-3-10/h2-5,7-8,13,16H,6,15H2,1H3. The first-order chi connectivity index (χ1) is 8.20. The number of halogens is 1. The van der Waals surface area contributed by atoms with E-state index in [1.54, 1.807) is 11.3 Å². The van der Waals surface area contributed by atoms with Crippen molar-refractivity contribution in [2.75, 3.05) is 0 Å². The Morgan fingerprint density at radius 1 is 1.29 bits per heavy atom. The number of aryl methyl sites for hydroxylation is 1. The Hall–Kier alpha value is -0.680. The van der Waals surface area contributed by atoms with E-state index in [2.05, 4.69) is 63.3 Å². The topological polar surface area (TPSA) is 38.0 Å². The second kappa shape index (κ2) is 5.78. The fourth-order valence-corrected chi connectivity index (χ4v) is 3.01. The van der Waals surface area contributed by atoms with Crippen LogP contribution in [0.2, 0.25) is 0 Å². The molecule has 0 aliphatic rings. The van der Waals surface area contributed by atoms with Crippen molar-refractivity contribution in [1.82, 2.24) is 5.43 Å². The summed E-state index contributed by atoms with van der Waals surface area (Å²) in [4.78, 5) is 0. The Balaban J connectivity index is 2.16. The SMILES string of the molecule is Cc1cscc1C(Cc1ccc(Br)cc1)NN. The van der Waals surface area contributed by atoms with E-state index in [1.807, 2.05) is 0 Å². The molecule has 17 heavy (non-hydrogen) atoms. The summed E-state index contributed by atoms with van der Waals surface area (Å²) in [7, 11) is 0. The zero-order chi connectivity index (χ0) is 12.3. The Labute approximate surface area is 114 Å². The van der Waals surface area contributed by atoms with Crippen LogP contribution in [0.1, 0.15) is 22.7 Å². The maximum Gasteiger partial charge on any atom is 0.0511 e. The van der Waals surface area contributed by atoms with Gasteiger partial charge in [-0.15, -0.1) is 0 Å². The maximum absolute atomic E-state index is 5.66. The number of nitrogens with one attached hydrogen (secondary N) is 1. The first-order valence-corrected chi connectivity index (χ1v) is 7.17. The highest BCUT2D eigenvalue weighted by molar-refractivity contribution is 9.10. The van der Waals surface area contributed by atoms with Crippen LogP contribution in [-0.2, 0) is 6.42 Å². The molecule has 0 fully saturated rings. The summed E-state index contributed by atoms with van der Waals surface area (Å²) in [5, 5.41) is 4.32. The number of hydrogen-bond acceptors (Lipinski definition) is 3. The van der Waals surface area contributed by atoms with Crippen LogP contribution in [0.4, 0.5) is 0 Å². The predicted molar refractivity (Wildman–Crippen MR) is 77.0 cm³/mol. The van der Waals surface area contributed by atoms with Crippen LogP contribution in [-0.4, -0.2) is 0 Å². The summed E-state index contributed by atoms with van der Waals surface area (Å²) < 4.78 is 1.10. The van der Waals surface area contributed by atoms with Gasteiger partial charge in [-0.1, -0.05) is 28.1 Å². The van der Waals surface area contributed by atoms with Crippen molar-refractivity contribution in [3.63, 3.8) is 0 Å². The molecule has 0 spiro atoms. The average molecular weight is 311 g/mol. The minimum absolute atomic E-state index is 0.183. The molecule has 1 unspecified atom stereocenters. The summed E-state index contributed by atoms with van der Waals surface area (Å²) in [5.74, 6) is 5.66. The van der Waals surface area contributed by atoms with Crippen molar-refractivity contribution in [3.05, 3.63) is 56.2 Å². The number of rotatable bonds is 4. The normalized spacial score (nSPS) is 12.6. The van der Waals surface area contributed by atoms with Crippen molar-refractivity contribution in [2.45, 2.75) is 19.4 Å². The van der Waals surface area contributed by atoms with Crippen LogP contribution in [0.15, 0.2) is 39.5 Å². The Kier molecular flexibility index (Phi) is 4.34. The van der Waals surface area contributed by atoms with Gasteiger partial charge in [0.15, 0.2) is 0 Å². The zero-order valence-corrected chi connectivity index (χ0v) is 12.0. The monoisotopic (exact) mass is 310 g/mol. The van der Waals surface area contributed by atoms with E-state index < -0.39 is 0 Å². The minimum atomic E-state index is 0.183. The van der Waals surface area contributed by atoms with Gasteiger partial charge in [0.2, 0.25) is 0 Å². The molecular formula is C13H15BrN2S. The van der Waals surface area contributed by atoms with E-state index in [1.165, 1.54) is 16.7 Å². The molecule has 2 rings (SSSR count). The Morgan fingerprint density at radius 3 is 2.53 bits per heavy atom. The molecule has 90 valence electrons. The number of nitrogens with two attached hydrogens (primary N) is 1. The first-order valence-electron chi connectivity index (χ1n) is 5.44. The fourth-order valence-electron chi connectivity index (χ4n) is 1.84. The molecule has 1 atom stereocenters. The first kappa shape index (κ1) is 12.8. The van der Waals surface area contributed by atoms with Gasteiger partial charge in [0.05, 0.1) is 6.04 Å². The summed E-state index contributed by atoms with van der Waals surface area (Å²) in [6.07, 6.45) is 0.904.